The van der Waals surface area contributed by atoms with Crippen molar-refractivity contribution in [3.8, 4) is 0 Å². The minimum Gasteiger partial charge on any atom is -0.383 e. The van der Waals surface area contributed by atoms with Gasteiger partial charge in [0.25, 0.3) is 0 Å². The molecule has 2 fully saturated rings. The lowest BCUT2D eigenvalue weighted by molar-refractivity contribution is -0.122. The summed E-state index contributed by atoms with van der Waals surface area (Å²) in [7, 11) is 1.75. The minimum atomic E-state index is -0.246. The van der Waals surface area contributed by atoms with Gasteiger partial charge in [0.2, 0.25) is 5.91 Å². The molecule has 0 unspecified atom stereocenters. The zero-order valence-electron chi connectivity index (χ0n) is 19.7. The van der Waals surface area contributed by atoms with E-state index in [1.54, 1.807) is 7.11 Å². The van der Waals surface area contributed by atoms with Crippen molar-refractivity contribution in [3.05, 3.63) is 65.6 Å². The Morgan fingerprint density at radius 2 is 2.03 bits per heavy atom. The highest BCUT2D eigenvalue weighted by Gasteiger charge is 2.49. The number of likely N-dealkylation sites (tertiary alicyclic amines) is 1. The van der Waals surface area contributed by atoms with Crippen LogP contribution in [0.25, 0.3) is 10.9 Å². The quantitative estimate of drug-likeness (QED) is 0.621. The van der Waals surface area contributed by atoms with Crippen LogP contribution in [0.4, 0.5) is 0 Å². The maximum absolute atomic E-state index is 12.7. The van der Waals surface area contributed by atoms with Gasteiger partial charge in [0, 0.05) is 74.1 Å². The predicted octanol–water partition coefficient (Wildman–Crippen LogP) is 4.02. The van der Waals surface area contributed by atoms with E-state index in [1.807, 2.05) is 12.3 Å². The molecular weight excluding hydrogens is 412 g/mol. The van der Waals surface area contributed by atoms with Gasteiger partial charge in [0.15, 0.2) is 0 Å². The number of ether oxygens (including phenoxy) is 1. The van der Waals surface area contributed by atoms with Gasteiger partial charge in [-0.3, -0.25) is 14.7 Å². The maximum Gasteiger partial charge on any atom is 0.220 e. The number of hydrogen-bond acceptors (Lipinski definition) is 4. The fourth-order valence-electron chi connectivity index (χ4n) is 5.99. The molecule has 1 N–H and O–H groups in total. The van der Waals surface area contributed by atoms with Crippen molar-refractivity contribution in [3.63, 3.8) is 0 Å². The second kappa shape index (κ2) is 9.27. The van der Waals surface area contributed by atoms with Crippen molar-refractivity contribution in [2.75, 3.05) is 26.8 Å². The Hall–Kier alpha value is -2.70. The van der Waals surface area contributed by atoms with Gasteiger partial charge in [-0.1, -0.05) is 30.7 Å². The Morgan fingerprint density at radius 3 is 2.85 bits per heavy atom. The van der Waals surface area contributed by atoms with Crippen LogP contribution in [0, 0.1) is 6.92 Å². The summed E-state index contributed by atoms with van der Waals surface area (Å²) < 4.78 is 7.75. The van der Waals surface area contributed by atoms with Crippen LogP contribution < -0.4 is 5.32 Å². The highest BCUT2D eigenvalue weighted by molar-refractivity contribution is 5.85. The van der Waals surface area contributed by atoms with Gasteiger partial charge in [0.1, 0.15) is 0 Å². The number of aromatic nitrogens is 2. The highest BCUT2D eigenvalue weighted by atomic mass is 16.5. The summed E-state index contributed by atoms with van der Waals surface area (Å²) in [6.07, 6.45) is 5.55. The van der Waals surface area contributed by atoms with Crippen molar-refractivity contribution in [2.45, 2.75) is 57.2 Å². The van der Waals surface area contributed by atoms with Crippen LogP contribution in [0.15, 0.2) is 48.7 Å². The lowest BCUT2D eigenvalue weighted by atomic mass is 9.81. The van der Waals surface area contributed by atoms with Gasteiger partial charge in [-0.2, -0.15) is 0 Å². The number of fused-ring (bicyclic) bond motifs is 1. The van der Waals surface area contributed by atoms with E-state index in [1.165, 1.54) is 22.2 Å². The molecular formula is C27H34N4O2. The van der Waals surface area contributed by atoms with Crippen molar-refractivity contribution >= 4 is 16.8 Å². The lowest BCUT2D eigenvalue weighted by Crippen LogP contribution is -2.52. The van der Waals surface area contributed by atoms with Gasteiger partial charge in [-0.15, -0.1) is 0 Å². The van der Waals surface area contributed by atoms with E-state index < -0.39 is 0 Å². The monoisotopic (exact) mass is 446 g/mol. The molecule has 3 aromatic rings. The Morgan fingerprint density at radius 1 is 1.18 bits per heavy atom. The molecule has 1 spiro atoms. The van der Waals surface area contributed by atoms with Crippen molar-refractivity contribution in [1.29, 1.82) is 0 Å². The first-order valence-electron chi connectivity index (χ1n) is 12.1. The molecule has 2 saturated heterocycles. The van der Waals surface area contributed by atoms with Gasteiger partial charge in [0.05, 0.1) is 12.1 Å². The third-order valence-electron chi connectivity index (χ3n) is 7.59. The van der Waals surface area contributed by atoms with Crippen LogP contribution in [0.3, 0.4) is 0 Å². The van der Waals surface area contributed by atoms with E-state index in [2.05, 4.69) is 58.1 Å². The highest BCUT2D eigenvalue weighted by Crippen LogP contribution is 2.41. The minimum absolute atomic E-state index is 0.183. The normalized spacial score (nSPS) is 23.8. The number of amides is 1. The lowest BCUT2D eigenvalue weighted by Gasteiger charge is -2.34. The largest absolute Gasteiger partial charge is 0.383 e. The third-order valence-corrected chi connectivity index (χ3v) is 7.59. The summed E-state index contributed by atoms with van der Waals surface area (Å²) in [4.78, 5) is 19.9. The molecule has 0 bridgehead atoms. The van der Waals surface area contributed by atoms with Crippen molar-refractivity contribution < 1.29 is 9.53 Å². The molecule has 2 aromatic heterocycles. The average Bonchev–Trinajstić information content (AvgIpc) is 3.22. The molecule has 1 amide bonds. The molecule has 174 valence electrons. The molecule has 2 aliphatic rings. The zero-order valence-corrected chi connectivity index (χ0v) is 19.7. The number of nitrogens with one attached hydrogen (secondary N) is 1. The van der Waals surface area contributed by atoms with Crippen molar-refractivity contribution in [1.82, 2.24) is 19.8 Å². The van der Waals surface area contributed by atoms with Crippen LogP contribution in [0.1, 0.15) is 48.6 Å². The smallest absolute Gasteiger partial charge is 0.220 e. The summed E-state index contributed by atoms with van der Waals surface area (Å²) in [5, 5.41) is 4.77. The molecule has 2 atom stereocenters. The summed E-state index contributed by atoms with van der Waals surface area (Å²) in [6.45, 7) is 6.39. The summed E-state index contributed by atoms with van der Waals surface area (Å²) in [6, 6.07) is 14.8. The summed E-state index contributed by atoms with van der Waals surface area (Å²) in [5.74, 6) is 0.380. The number of carbonyl (C=O) groups excluding carboxylic acids is 1. The maximum atomic E-state index is 12.7. The molecule has 0 radical (unpaired) electrons. The SMILES string of the molecule is COCCn1c(C)c(CN2C[C@@H](c3ccccn3)[C@@]3(CCCCC(=O)N3)C2)c2ccccc21. The second-order valence-electron chi connectivity index (χ2n) is 9.61. The number of para-hydroxylation sites is 1. The van der Waals surface area contributed by atoms with Gasteiger partial charge in [-0.05, 0) is 43.5 Å². The predicted molar refractivity (Wildman–Crippen MR) is 130 cm³/mol. The molecule has 0 saturated carbocycles. The van der Waals surface area contributed by atoms with Crippen molar-refractivity contribution in [2.24, 2.45) is 0 Å². The van der Waals surface area contributed by atoms with E-state index >= 15 is 0 Å². The summed E-state index contributed by atoms with van der Waals surface area (Å²) >= 11 is 0. The second-order valence-corrected chi connectivity index (χ2v) is 9.61. The third kappa shape index (κ3) is 4.18. The van der Waals surface area contributed by atoms with Crippen LogP contribution in [-0.2, 0) is 22.6 Å². The first-order chi connectivity index (χ1) is 16.1. The van der Waals surface area contributed by atoms with Gasteiger partial charge >= 0.3 is 0 Å². The number of rotatable bonds is 6. The van der Waals surface area contributed by atoms with E-state index in [4.69, 9.17) is 9.72 Å². The summed E-state index contributed by atoms with van der Waals surface area (Å²) in [5.41, 5.74) is 4.78. The molecule has 1 aromatic carbocycles. The molecule has 5 rings (SSSR count). The Balaban J connectivity index is 1.49. The number of methoxy groups -OCH3 is 1. The molecule has 33 heavy (non-hydrogen) atoms. The number of benzene rings is 1. The molecule has 6 nitrogen and oxygen atoms in total. The number of nitrogens with zero attached hydrogens (tertiary/aromatic N) is 3. The fourth-order valence-corrected chi connectivity index (χ4v) is 5.99. The van der Waals surface area contributed by atoms with Gasteiger partial charge in [-0.25, -0.2) is 0 Å². The topological polar surface area (TPSA) is 59.4 Å². The standard InChI is InChI=1S/C27H34N4O2/c1-20-22(21-9-3-4-11-25(21)31(20)15-16-33-2)17-30-18-23(24-10-6-8-14-28-24)27(19-30)13-7-5-12-26(32)29-27/h3-4,6,8-11,14,23H,5,7,12-13,15-19H2,1-2H3,(H,29,32)/t23-,27+/m0/s1. The van der Waals surface area contributed by atoms with Crippen LogP contribution >= 0.6 is 0 Å². The molecule has 6 heteroatoms. The first-order valence-corrected chi connectivity index (χ1v) is 12.1. The van der Waals surface area contributed by atoms with Gasteiger partial charge < -0.3 is 14.6 Å². The Bertz CT molecular complexity index is 1130. The fraction of sp³-hybridized carbons (Fsp3) is 0.481. The van der Waals surface area contributed by atoms with E-state index in [9.17, 15) is 4.79 Å². The van der Waals surface area contributed by atoms with E-state index in [-0.39, 0.29) is 17.4 Å². The first kappa shape index (κ1) is 22.1. The van der Waals surface area contributed by atoms with E-state index in [0.717, 1.165) is 51.1 Å². The van der Waals surface area contributed by atoms with E-state index in [0.29, 0.717) is 13.0 Å². The number of pyridine rings is 1. The Labute approximate surface area is 195 Å². The molecule has 4 heterocycles. The average molecular weight is 447 g/mol. The molecule has 2 aliphatic heterocycles. The molecule has 0 aliphatic carbocycles. The van der Waals surface area contributed by atoms with Crippen LogP contribution in [-0.4, -0.2) is 52.7 Å². The number of carbonyl (C=O) groups is 1. The Kier molecular flexibility index (Phi) is 6.21. The zero-order chi connectivity index (χ0) is 22.8. The van der Waals surface area contributed by atoms with Crippen LogP contribution in [0.2, 0.25) is 0 Å². The van der Waals surface area contributed by atoms with Crippen LogP contribution in [0.5, 0.6) is 0 Å². The number of hydrogen-bond donors (Lipinski definition) is 1.